The molecule has 1 fully saturated rings. The molecule has 0 spiro atoms. The summed E-state index contributed by atoms with van der Waals surface area (Å²) in [4.78, 5) is 0. The van der Waals surface area contributed by atoms with E-state index in [1.54, 1.807) is 0 Å². The number of benzene rings is 2. The zero-order valence-electron chi connectivity index (χ0n) is 11.8. The van der Waals surface area contributed by atoms with E-state index in [0.717, 1.165) is 30.7 Å². The summed E-state index contributed by atoms with van der Waals surface area (Å²) < 4.78 is 19.3. The maximum Gasteiger partial charge on any atom is 0.123 e. The van der Waals surface area contributed by atoms with Crippen molar-refractivity contribution in [3.63, 3.8) is 0 Å². The first-order valence-corrected chi connectivity index (χ1v) is 7.55. The van der Waals surface area contributed by atoms with E-state index in [9.17, 15) is 4.39 Å². The lowest BCUT2D eigenvalue weighted by atomic mass is 9.77. The van der Waals surface area contributed by atoms with Crippen LogP contribution in [0.25, 0.3) is 0 Å². The first-order valence-electron chi connectivity index (χ1n) is 7.55. The van der Waals surface area contributed by atoms with Gasteiger partial charge < -0.3 is 10.1 Å². The molecule has 0 aliphatic carbocycles. The number of fused-ring (bicyclic) bond motifs is 3. The van der Waals surface area contributed by atoms with Crippen LogP contribution in [-0.2, 0) is 4.74 Å². The van der Waals surface area contributed by atoms with Crippen LogP contribution in [0.3, 0.4) is 0 Å². The van der Waals surface area contributed by atoms with Gasteiger partial charge in [0.15, 0.2) is 0 Å². The van der Waals surface area contributed by atoms with Gasteiger partial charge in [-0.2, -0.15) is 0 Å². The number of anilines is 1. The molecule has 0 saturated carbocycles. The van der Waals surface area contributed by atoms with Crippen molar-refractivity contribution in [1.29, 1.82) is 0 Å². The maximum absolute atomic E-state index is 13.2. The summed E-state index contributed by atoms with van der Waals surface area (Å²) in [5.41, 5.74) is 3.52. The average molecular weight is 283 g/mol. The molecule has 0 radical (unpaired) electrons. The first kappa shape index (κ1) is 12.8. The van der Waals surface area contributed by atoms with E-state index in [-0.39, 0.29) is 18.0 Å². The molecule has 0 amide bonds. The Morgan fingerprint density at radius 3 is 2.71 bits per heavy atom. The van der Waals surface area contributed by atoms with Crippen LogP contribution in [0, 0.1) is 11.7 Å². The van der Waals surface area contributed by atoms with Gasteiger partial charge in [0.05, 0.1) is 12.1 Å². The summed E-state index contributed by atoms with van der Waals surface area (Å²) in [6, 6.07) is 15.4. The van der Waals surface area contributed by atoms with Crippen molar-refractivity contribution in [2.24, 2.45) is 5.92 Å². The fraction of sp³-hybridized carbons (Fsp3) is 0.333. The molecule has 108 valence electrons. The highest BCUT2D eigenvalue weighted by molar-refractivity contribution is 5.57. The lowest BCUT2D eigenvalue weighted by molar-refractivity contribution is -0.0381. The third-order valence-electron chi connectivity index (χ3n) is 4.60. The van der Waals surface area contributed by atoms with E-state index >= 15 is 0 Å². The van der Waals surface area contributed by atoms with Gasteiger partial charge >= 0.3 is 0 Å². The Bertz CT molecular complexity index is 640. The number of halogens is 1. The molecule has 4 rings (SSSR count). The average Bonchev–Trinajstić information content (AvgIpc) is 2.55. The number of ether oxygens (including phenoxy) is 1. The van der Waals surface area contributed by atoms with Crippen LogP contribution in [0.5, 0.6) is 0 Å². The zero-order valence-corrected chi connectivity index (χ0v) is 11.8. The minimum atomic E-state index is -0.189. The van der Waals surface area contributed by atoms with Gasteiger partial charge in [0.2, 0.25) is 0 Å². The predicted octanol–water partition coefficient (Wildman–Crippen LogP) is 4.46. The fourth-order valence-corrected chi connectivity index (χ4v) is 3.62. The molecule has 0 bridgehead atoms. The van der Waals surface area contributed by atoms with Crippen molar-refractivity contribution in [2.75, 3.05) is 11.9 Å². The number of nitrogens with one attached hydrogen (secondary N) is 1. The Labute approximate surface area is 123 Å². The molecule has 2 aromatic rings. The van der Waals surface area contributed by atoms with Crippen LogP contribution in [-0.4, -0.2) is 6.61 Å². The van der Waals surface area contributed by atoms with E-state index in [1.807, 2.05) is 18.2 Å². The van der Waals surface area contributed by atoms with Gasteiger partial charge in [-0.3, -0.25) is 0 Å². The SMILES string of the molecule is Fc1ccc([C@@H]2Nc3ccccc3[C@@H]3OCCC[C@@H]23)cc1. The van der Waals surface area contributed by atoms with Crippen LogP contribution in [0.1, 0.15) is 36.1 Å². The number of rotatable bonds is 1. The lowest BCUT2D eigenvalue weighted by Gasteiger charge is -2.43. The summed E-state index contributed by atoms with van der Waals surface area (Å²) in [5.74, 6) is 0.213. The standard InChI is InChI=1S/C18H18FNO/c19-13-9-7-12(8-10-13)17-15-5-3-11-21-18(15)14-4-1-2-6-16(14)20-17/h1-2,4,6-10,15,17-18,20H,3,5,11H2/t15-,17-,18-/m0/s1. The second-order valence-electron chi connectivity index (χ2n) is 5.86. The highest BCUT2D eigenvalue weighted by Gasteiger charge is 2.39. The smallest absolute Gasteiger partial charge is 0.123 e. The van der Waals surface area contributed by atoms with Gasteiger partial charge in [0.25, 0.3) is 0 Å². The fourth-order valence-electron chi connectivity index (χ4n) is 3.62. The van der Waals surface area contributed by atoms with Crippen molar-refractivity contribution < 1.29 is 9.13 Å². The van der Waals surface area contributed by atoms with Crippen LogP contribution in [0.2, 0.25) is 0 Å². The van der Waals surface area contributed by atoms with Gasteiger partial charge in [-0.25, -0.2) is 4.39 Å². The van der Waals surface area contributed by atoms with E-state index in [1.165, 1.54) is 17.7 Å². The summed E-state index contributed by atoms with van der Waals surface area (Å²) >= 11 is 0. The molecule has 2 aliphatic heterocycles. The van der Waals surface area contributed by atoms with Crippen molar-refractivity contribution in [1.82, 2.24) is 0 Å². The molecule has 2 nitrogen and oxygen atoms in total. The second-order valence-corrected chi connectivity index (χ2v) is 5.86. The first-order chi connectivity index (χ1) is 10.3. The Balaban J connectivity index is 1.76. The van der Waals surface area contributed by atoms with Crippen LogP contribution < -0.4 is 5.32 Å². The van der Waals surface area contributed by atoms with Crippen LogP contribution >= 0.6 is 0 Å². The minimum Gasteiger partial charge on any atom is -0.378 e. The molecule has 1 saturated heterocycles. The molecule has 1 N–H and O–H groups in total. The summed E-state index contributed by atoms with van der Waals surface area (Å²) in [6.07, 6.45) is 2.36. The third-order valence-corrected chi connectivity index (χ3v) is 4.60. The van der Waals surface area contributed by atoms with Crippen molar-refractivity contribution >= 4 is 5.69 Å². The largest absolute Gasteiger partial charge is 0.378 e. The van der Waals surface area contributed by atoms with E-state index in [2.05, 4.69) is 23.5 Å². The summed E-state index contributed by atoms with van der Waals surface area (Å²) in [5, 5.41) is 3.63. The molecule has 2 aromatic carbocycles. The van der Waals surface area contributed by atoms with Gasteiger partial charge in [-0.1, -0.05) is 30.3 Å². The normalized spacial score (nSPS) is 27.4. The quantitative estimate of drug-likeness (QED) is 0.834. The number of hydrogen-bond donors (Lipinski definition) is 1. The Kier molecular flexibility index (Phi) is 3.15. The molecule has 2 heterocycles. The highest BCUT2D eigenvalue weighted by Crippen LogP contribution is 2.48. The van der Waals surface area contributed by atoms with Gasteiger partial charge in [-0.15, -0.1) is 0 Å². The maximum atomic E-state index is 13.2. The molecule has 0 unspecified atom stereocenters. The lowest BCUT2D eigenvalue weighted by Crippen LogP contribution is -2.35. The molecule has 2 aliphatic rings. The van der Waals surface area contributed by atoms with Crippen LogP contribution in [0.15, 0.2) is 48.5 Å². The highest BCUT2D eigenvalue weighted by atomic mass is 19.1. The van der Waals surface area contributed by atoms with E-state index in [4.69, 9.17) is 4.74 Å². The van der Waals surface area contributed by atoms with Crippen LogP contribution in [0.4, 0.5) is 10.1 Å². The monoisotopic (exact) mass is 283 g/mol. The van der Waals surface area contributed by atoms with Crippen molar-refractivity contribution in [2.45, 2.75) is 25.0 Å². The molecular formula is C18H18FNO. The summed E-state index contributed by atoms with van der Waals surface area (Å²) in [6.45, 7) is 0.825. The number of hydrogen-bond acceptors (Lipinski definition) is 2. The summed E-state index contributed by atoms with van der Waals surface area (Å²) in [7, 11) is 0. The predicted molar refractivity (Wildman–Crippen MR) is 80.6 cm³/mol. The number of para-hydroxylation sites is 1. The Hall–Kier alpha value is -1.87. The van der Waals surface area contributed by atoms with E-state index < -0.39 is 0 Å². The van der Waals surface area contributed by atoms with Gasteiger partial charge in [-0.05, 0) is 36.6 Å². The molecule has 0 aromatic heterocycles. The minimum absolute atomic E-state index is 0.145. The molecule has 3 heteroatoms. The molecule has 3 atom stereocenters. The topological polar surface area (TPSA) is 21.3 Å². The molecule has 21 heavy (non-hydrogen) atoms. The molecular weight excluding hydrogens is 265 g/mol. The van der Waals surface area contributed by atoms with Crippen molar-refractivity contribution in [3.05, 3.63) is 65.5 Å². The zero-order chi connectivity index (χ0) is 14.2. The second kappa shape index (κ2) is 5.15. The van der Waals surface area contributed by atoms with Gasteiger partial charge in [0, 0.05) is 23.8 Å². The van der Waals surface area contributed by atoms with E-state index in [0.29, 0.717) is 5.92 Å². The Morgan fingerprint density at radius 1 is 1.05 bits per heavy atom. The van der Waals surface area contributed by atoms with Crippen molar-refractivity contribution in [3.8, 4) is 0 Å². The third kappa shape index (κ3) is 2.22. The Morgan fingerprint density at radius 2 is 1.86 bits per heavy atom. The van der Waals surface area contributed by atoms with Gasteiger partial charge in [0.1, 0.15) is 5.82 Å².